The van der Waals surface area contributed by atoms with Crippen molar-refractivity contribution in [1.29, 1.82) is 0 Å². The van der Waals surface area contributed by atoms with E-state index in [9.17, 15) is 4.79 Å². The predicted molar refractivity (Wildman–Crippen MR) is 72.8 cm³/mol. The number of ketones is 1. The zero-order chi connectivity index (χ0) is 12.7. The van der Waals surface area contributed by atoms with Gasteiger partial charge in [-0.15, -0.1) is 0 Å². The van der Waals surface area contributed by atoms with Crippen LogP contribution in [0.15, 0.2) is 24.3 Å². The molecule has 0 N–H and O–H groups in total. The van der Waals surface area contributed by atoms with E-state index in [4.69, 9.17) is 11.6 Å². The molecule has 0 heterocycles. The molecule has 0 aliphatic rings. The summed E-state index contributed by atoms with van der Waals surface area (Å²) < 4.78 is 0. The molecule has 3 heteroatoms. The number of hydrogen-bond acceptors (Lipinski definition) is 2. The molecule has 0 amide bonds. The Balaban J connectivity index is 2.39. The lowest BCUT2D eigenvalue weighted by atomic mass is 10.1. The lowest BCUT2D eigenvalue weighted by Crippen LogP contribution is -2.22. The normalized spacial score (nSPS) is 10.8. The standard InChI is InChI=1S/C14H20ClNO/c1-3-4-9-16(2)10-8-14(17)12-6-5-7-13(15)11-12/h5-7,11H,3-4,8-10H2,1-2H3. The van der Waals surface area contributed by atoms with E-state index in [1.807, 2.05) is 12.1 Å². The van der Waals surface area contributed by atoms with Crippen molar-refractivity contribution in [2.75, 3.05) is 20.1 Å². The van der Waals surface area contributed by atoms with Crippen LogP contribution in [-0.2, 0) is 0 Å². The molecule has 0 aromatic heterocycles. The molecular formula is C14H20ClNO. The first-order valence-corrected chi connectivity index (χ1v) is 6.48. The minimum Gasteiger partial charge on any atom is -0.306 e. The quantitative estimate of drug-likeness (QED) is 0.692. The van der Waals surface area contributed by atoms with Crippen LogP contribution in [0.25, 0.3) is 0 Å². The second kappa shape index (κ2) is 7.46. The van der Waals surface area contributed by atoms with Gasteiger partial charge in [-0.3, -0.25) is 4.79 Å². The fraction of sp³-hybridized carbons (Fsp3) is 0.500. The number of hydrogen-bond donors (Lipinski definition) is 0. The predicted octanol–water partition coefficient (Wildman–Crippen LogP) is 3.64. The number of carbonyl (C=O) groups excluding carboxylic acids is 1. The highest BCUT2D eigenvalue weighted by molar-refractivity contribution is 6.31. The van der Waals surface area contributed by atoms with Crippen LogP contribution in [0.1, 0.15) is 36.5 Å². The van der Waals surface area contributed by atoms with Crippen LogP contribution in [0.5, 0.6) is 0 Å². The van der Waals surface area contributed by atoms with Crippen LogP contribution in [0.4, 0.5) is 0 Å². The van der Waals surface area contributed by atoms with Gasteiger partial charge in [0.25, 0.3) is 0 Å². The fourth-order valence-electron chi connectivity index (χ4n) is 1.64. The summed E-state index contributed by atoms with van der Waals surface area (Å²) in [6, 6.07) is 7.15. The Morgan fingerprint density at radius 2 is 2.12 bits per heavy atom. The van der Waals surface area contributed by atoms with Crippen LogP contribution in [0.2, 0.25) is 5.02 Å². The van der Waals surface area contributed by atoms with Crippen LogP contribution in [0, 0.1) is 0 Å². The summed E-state index contributed by atoms with van der Waals surface area (Å²) >= 11 is 5.86. The zero-order valence-electron chi connectivity index (χ0n) is 10.6. The molecule has 0 fully saturated rings. The Hall–Kier alpha value is -0.860. The topological polar surface area (TPSA) is 20.3 Å². The molecular weight excluding hydrogens is 234 g/mol. The number of halogens is 1. The zero-order valence-corrected chi connectivity index (χ0v) is 11.3. The molecule has 94 valence electrons. The second-order valence-corrected chi connectivity index (χ2v) is 4.78. The van der Waals surface area contributed by atoms with E-state index in [1.54, 1.807) is 12.1 Å². The molecule has 1 aromatic rings. The van der Waals surface area contributed by atoms with E-state index < -0.39 is 0 Å². The van der Waals surface area contributed by atoms with Gasteiger partial charge in [-0.25, -0.2) is 0 Å². The van der Waals surface area contributed by atoms with Crippen LogP contribution in [0.3, 0.4) is 0 Å². The molecule has 17 heavy (non-hydrogen) atoms. The van der Waals surface area contributed by atoms with Gasteiger partial charge in [0.15, 0.2) is 5.78 Å². The largest absolute Gasteiger partial charge is 0.306 e. The third-order valence-electron chi connectivity index (χ3n) is 2.76. The summed E-state index contributed by atoms with van der Waals surface area (Å²) in [5.41, 5.74) is 0.710. The first-order valence-electron chi connectivity index (χ1n) is 6.10. The van der Waals surface area contributed by atoms with Crippen molar-refractivity contribution in [3.63, 3.8) is 0 Å². The summed E-state index contributed by atoms with van der Waals surface area (Å²) in [6.45, 7) is 4.04. The Morgan fingerprint density at radius 1 is 1.35 bits per heavy atom. The number of unbranched alkanes of at least 4 members (excludes halogenated alkanes) is 1. The summed E-state index contributed by atoms with van der Waals surface area (Å²) in [5.74, 6) is 0.163. The summed E-state index contributed by atoms with van der Waals surface area (Å²) in [7, 11) is 2.06. The highest BCUT2D eigenvalue weighted by atomic mass is 35.5. The van der Waals surface area contributed by atoms with Crippen LogP contribution in [-0.4, -0.2) is 30.8 Å². The van der Waals surface area contributed by atoms with Gasteiger partial charge in [0.1, 0.15) is 0 Å². The Kier molecular flexibility index (Phi) is 6.23. The molecule has 0 unspecified atom stereocenters. The van der Waals surface area contributed by atoms with Gasteiger partial charge in [0, 0.05) is 23.6 Å². The van der Waals surface area contributed by atoms with Crippen molar-refractivity contribution in [1.82, 2.24) is 4.90 Å². The number of rotatable bonds is 7. The van der Waals surface area contributed by atoms with Gasteiger partial charge in [0.05, 0.1) is 0 Å². The Labute approximate surface area is 109 Å². The monoisotopic (exact) mass is 253 g/mol. The smallest absolute Gasteiger partial charge is 0.164 e. The van der Waals surface area contributed by atoms with Gasteiger partial charge in [-0.1, -0.05) is 37.1 Å². The SMILES string of the molecule is CCCCN(C)CCC(=O)c1cccc(Cl)c1. The molecule has 0 spiro atoms. The molecule has 0 saturated carbocycles. The van der Waals surface area contributed by atoms with Crippen molar-refractivity contribution in [2.24, 2.45) is 0 Å². The maximum absolute atomic E-state index is 11.9. The van der Waals surface area contributed by atoms with Crippen molar-refractivity contribution in [2.45, 2.75) is 26.2 Å². The number of Topliss-reactive ketones (excluding diaryl/α,β-unsaturated/α-hetero) is 1. The van der Waals surface area contributed by atoms with Crippen molar-refractivity contribution >= 4 is 17.4 Å². The first-order chi connectivity index (χ1) is 8.13. The van der Waals surface area contributed by atoms with Gasteiger partial charge < -0.3 is 4.90 Å². The number of benzene rings is 1. The van der Waals surface area contributed by atoms with Crippen LogP contribution >= 0.6 is 11.6 Å². The second-order valence-electron chi connectivity index (χ2n) is 4.34. The maximum atomic E-state index is 11.9. The molecule has 1 rings (SSSR count). The third-order valence-corrected chi connectivity index (χ3v) is 3.00. The molecule has 0 aliphatic heterocycles. The summed E-state index contributed by atoms with van der Waals surface area (Å²) in [6.07, 6.45) is 2.93. The average Bonchev–Trinajstić information content (AvgIpc) is 2.33. The lowest BCUT2D eigenvalue weighted by molar-refractivity contribution is 0.0969. The van der Waals surface area contributed by atoms with E-state index >= 15 is 0 Å². The molecule has 0 bridgehead atoms. The van der Waals surface area contributed by atoms with E-state index in [0.29, 0.717) is 17.0 Å². The van der Waals surface area contributed by atoms with E-state index in [-0.39, 0.29) is 5.78 Å². The lowest BCUT2D eigenvalue weighted by Gasteiger charge is -2.15. The summed E-state index contributed by atoms with van der Waals surface area (Å²) in [4.78, 5) is 14.1. The van der Waals surface area contributed by atoms with Gasteiger partial charge in [0.2, 0.25) is 0 Å². The number of carbonyl (C=O) groups is 1. The van der Waals surface area contributed by atoms with Gasteiger partial charge in [-0.05, 0) is 32.1 Å². The average molecular weight is 254 g/mol. The minimum atomic E-state index is 0.163. The highest BCUT2D eigenvalue weighted by Gasteiger charge is 2.07. The molecule has 0 atom stereocenters. The molecule has 0 radical (unpaired) electrons. The fourth-order valence-corrected chi connectivity index (χ4v) is 1.83. The Morgan fingerprint density at radius 3 is 2.76 bits per heavy atom. The molecule has 1 aromatic carbocycles. The van der Waals surface area contributed by atoms with Gasteiger partial charge in [-0.2, -0.15) is 0 Å². The highest BCUT2D eigenvalue weighted by Crippen LogP contribution is 2.12. The van der Waals surface area contributed by atoms with Crippen molar-refractivity contribution in [3.8, 4) is 0 Å². The molecule has 0 aliphatic carbocycles. The summed E-state index contributed by atoms with van der Waals surface area (Å²) in [5, 5.41) is 0.621. The van der Waals surface area contributed by atoms with E-state index in [2.05, 4.69) is 18.9 Å². The Bertz CT molecular complexity index is 365. The van der Waals surface area contributed by atoms with E-state index in [1.165, 1.54) is 12.8 Å². The molecule has 0 saturated heterocycles. The van der Waals surface area contributed by atoms with Crippen LogP contribution < -0.4 is 0 Å². The number of nitrogens with zero attached hydrogens (tertiary/aromatic N) is 1. The van der Waals surface area contributed by atoms with Gasteiger partial charge >= 0.3 is 0 Å². The van der Waals surface area contributed by atoms with E-state index in [0.717, 1.165) is 13.1 Å². The minimum absolute atomic E-state index is 0.163. The maximum Gasteiger partial charge on any atom is 0.164 e. The molecule has 2 nitrogen and oxygen atoms in total. The third kappa shape index (κ3) is 5.33. The van der Waals surface area contributed by atoms with Crippen molar-refractivity contribution in [3.05, 3.63) is 34.9 Å². The van der Waals surface area contributed by atoms with Crippen molar-refractivity contribution < 1.29 is 4.79 Å². The first kappa shape index (κ1) is 14.2.